The molecule has 0 aliphatic heterocycles. The van der Waals surface area contributed by atoms with Gasteiger partial charge in [-0.1, -0.05) is 30.3 Å². The highest BCUT2D eigenvalue weighted by atomic mass is 32.2. The lowest BCUT2D eigenvalue weighted by molar-refractivity contribution is 0.586. The predicted molar refractivity (Wildman–Crippen MR) is 106 cm³/mol. The average molecular weight is 412 g/mol. The van der Waals surface area contributed by atoms with E-state index >= 15 is 0 Å². The normalized spacial score (nSPS) is 11.4. The van der Waals surface area contributed by atoms with Crippen LogP contribution in [-0.4, -0.2) is 18.4 Å². The van der Waals surface area contributed by atoms with Crippen LogP contribution < -0.4 is 10.0 Å². The quantitative estimate of drug-likeness (QED) is 0.506. The van der Waals surface area contributed by atoms with Gasteiger partial charge in [0.15, 0.2) is 11.6 Å². The van der Waals surface area contributed by atoms with Crippen LogP contribution in [0.1, 0.15) is 0 Å². The van der Waals surface area contributed by atoms with Gasteiger partial charge < -0.3 is 5.32 Å². The minimum Gasteiger partial charge on any atom is -0.335 e. The smallest absolute Gasteiger partial charge is 0.263 e. The summed E-state index contributed by atoms with van der Waals surface area (Å²) in [5, 5.41) is 2.69. The van der Waals surface area contributed by atoms with Crippen LogP contribution in [0.25, 0.3) is 11.0 Å². The van der Waals surface area contributed by atoms with Gasteiger partial charge in [-0.3, -0.25) is 4.72 Å². The number of hydrogen-bond donors (Lipinski definition) is 2. The second kappa shape index (κ2) is 7.44. The largest absolute Gasteiger partial charge is 0.335 e. The maximum Gasteiger partial charge on any atom is 0.263 e. The maximum atomic E-state index is 14.1. The van der Waals surface area contributed by atoms with Crippen LogP contribution in [0.2, 0.25) is 0 Å². The highest BCUT2D eigenvalue weighted by Crippen LogP contribution is 2.28. The van der Waals surface area contributed by atoms with Crippen molar-refractivity contribution < 1.29 is 17.2 Å². The van der Waals surface area contributed by atoms with Crippen molar-refractivity contribution in [2.45, 2.75) is 4.90 Å². The molecule has 9 heteroatoms. The van der Waals surface area contributed by atoms with Crippen LogP contribution in [0.15, 0.2) is 77.7 Å². The van der Waals surface area contributed by atoms with Crippen molar-refractivity contribution in [3.63, 3.8) is 0 Å². The second-order valence-corrected chi connectivity index (χ2v) is 7.76. The van der Waals surface area contributed by atoms with Crippen molar-refractivity contribution in [1.82, 2.24) is 9.97 Å². The standard InChI is InChI=1S/C20H14F2N4O2S/c21-13-10-11-16(15(22)12-13)23-19-20(25-18-9-5-4-8-17(18)24-19)26-29(27,28)14-6-2-1-3-7-14/h1-12H,(H,23,24)(H,25,26). The summed E-state index contributed by atoms with van der Waals surface area (Å²) in [6.07, 6.45) is 0. The zero-order valence-electron chi connectivity index (χ0n) is 14.8. The van der Waals surface area contributed by atoms with Crippen molar-refractivity contribution >= 4 is 38.4 Å². The van der Waals surface area contributed by atoms with Gasteiger partial charge in [0, 0.05) is 6.07 Å². The minimum absolute atomic E-state index is 0.0197. The summed E-state index contributed by atoms with van der Waals surface area (Å²) in [7, 11) is -3.96. The zero-order chi connectivity index (χ0) is 20.4. The van der Waals surface area contributed by atoms with Crippen molar-refractivity contribution in [2.24, 2.45) is 0 Å². The van der Waals surface area contributed by atoms with Gasteiger partial charge in [-0.25, -0.2) is 27.2 Å². The summed E-state index contributed by atoms with van der Waals surface area (Å²) in [6.45, 7) is 0. The fourth-order valence-corrected chi connectivity index (χ4v) is 3.69. The number of nitrogens with one attached hydrogen (secondary N) is 2. The summed E-state index contributed by atoms with van der Waals surface area (Å²) in [5.74, 6) is -1.72. The molecule has 2 N–H and O–H groups in total. The molecule has 0 amide bonds. The Morgan fingerprint density at radius 1 is 0.759 bits per heavy atom. The molecule has 0 aliphatic carbocycles. The van der Waals surface area contributed by atoms with Crippen LogP contribution >= 0.6 is 0 Å². The van der Waals surface area contributed by atoms with Gasteiger partial charge in [0.05, 0.1) is 21.6 Å². The monoisotopic (exact) mass is 412 g/mol. The number of para-hydroxylation sites is 2. The SMILES string of the molecule is O=S(=O)(Nc1nc2ccccc2nc1Nc1ccc(F)cc1F)c1ccccc1. The summed E-state index contributed by atoms with van der Waals surface area (Å²) in [6, 6.07) is 17.6. The highest BCUT2D eigenvalue weighted by Gasteiger charge is 2.19. The molecule has 29 heavy (non-hydrogen) atoms. The number of hydrogen-bond acceptors (Lipinski definition) is 5. The van der Waals surface area contributed by atoms with Crippen molar-refractivity contribution in [1.29, 1.82) is 0 Å². The molecule has 0 saturated heterocycles. The van der Waals surface area contributed by atoms with E-state index in [0.29, 0.717) is 17.1 Å². The lowest BCUT2D eigenvalue weighted by atomic mass is 10.3. The van der Waals surface area contributed by atoms with E-state index < -0.39 is 21.7 Å². The van der Waals surface area contributed by atoms with Crippen LogP contribution in [0.5, 0.6) is 0 Å². The topological polar surface area (TPSA) is 84.0 Å². The molecule has 0 spiro atoms. The van der Waals surface area contributed by atoms with Gasteiger partial charge in [-0.15, -0.1) is 0 Å². The number of fused-ring (bicyclic) bond motifs is 1. The molecule has 6 nitrogen and oxygen atoms in total. The number of halogens is 2. The molecule has 0 radical (unpaired) electrons. The number of aromatic nitrogens is 2. The fourth-order valence-electron chi connectivity index (χ4n) is 2.66. The van der Waals surface area contributed by atoms with Crippen LogP contribution in [-0.2, 0) is 10.0 Å². The van der Waals surface area contributed by atoms with E-state index in [9.17, 15) is 17.2 Å². The Hall–Kier alpha value is -3.59. The summed E-state index contributed by atoms with van der Waals surface area (Å²) in [4.78, 5) is 8.70. The third-order valence-electron chi connectivity index (χ3n) is 4.04. The molecule has 3 aromatic carbocycles. The molecular formula is C20H14F2N4O2S. The third kappa shape index (κ3) is 3.99. The Labute approximate surface area is 165 Å². The Morgan fingerprint density at radius 2 is 1.38 bits per heavy atom. The van der Waals surface area contributed by atoms with Gasteiger partial charge in [0.1, 0.15) is 11.6 Å². The number of sulfonamides is 1. The summed E-state index contributed by atoms with van der Waals surface area (Å²) in [5.41, 5.74) is 0.847. The molecule has 0 unspecified atom stereocenters. The molecular weight excluding hydrogens is 398 g/mol. The molecule has 4 aromatic rings. The van der Waals surface area contributed by atoms with Crippen LogP contribution in [0.3, 0.4) is 0 Å². The second-order valence-electron chi connectivity index (χ2n) is 6.08. The molecule has 0 atom stereocenters. The number of anilines is 3. The summed E-state index contributed by atoms with van der Waals surface area (Å²) < 4.78 is 55.1. The van der Waals surface area contributed by atoms with Gasteiger partial charge >= 0.3 is 0 Å². The zero-order valence-corrected chi connectivity index (χ0v) is 15.6. The first kappa shape index (κ1) is 18.8. The van der Waals surface area contributed by atoms with Gasteiger partial charge in [0.25, 0.3) is 10.0 Å². The van der Waals surface area contributed by atoms with E-state index in [1.807, 2.05) is 0 Å². The van der Waals surface area contributed by atoms with E-state index in [1.165, 1.54) is 18.2 Å². The number of rotatable bonds is 5. The maximum absolute atomic E-state index is 14.1. The Balaban J connectivity index is 1.80. The van der Waals surface area contributed by atoms with Gasteiger partial charge in [-0.2, -0.15) is 0 Å². The lowest BCUT2D eigenvalue weighted by Gasteiger charge is -2.14. The van der Waals surface area contributed by atoms with Crippen LogP contribution in [0.4, 0.5) is 26.1 Å². The van der Waals surface area contributed by atoms with Crippen molar-refractivity contribution in [2.75, 3.05) is 10.0 Å². The summed E-state index contributed by atoms with van der Waals surface area (Å²) >= 11 is 0. The number of benzene rings is 3. The molecule has 0 aliphatic rings. The first-order chi connectivity index (χ1) is 13.9. The predicted octanol–water partition coefficient (Wildman–Crippen LogP) is 4.45. The Bertz CT molecular complexity index is 1300. The van der Waals surface area contributed by atoms with E-state index in [-0.39, 0.29) is 22.2 Å². The van der Waals surface area contributed by atoms with Crippen molar-refractivity contribution in [3.8, 4) is 0 Å². The first-order valence-corrected chi connectivity index (χ1v) is 9.97. The Morgan fingerprint density at radius 3 is 2.03 bits per heavy atom. The highest BCUT2D eigenvalue weighted by molar-refractivity contribution is 7.92. The molecule has 0 saturated carbocycles. The van der Waals surface area contributed by atoms with E-state index in [1.54, 1.807) is 42.5 Å². The molecule has 4 rings (SSSR count). The van der Waals surface area contributed by atoms with Crippen LogP contribution in [0, 0.1) is 11.6 Å². The number of nitrogens with zero attached hydrogens (tertiary/aromatic N) is 2. The fraction of sp³-hybridized carbons (Fsp3) is 0. The van der Waals surface area contributed by atoms with E-state index in [2.05, 4.69) is 20.0 Å². The van der Waals surface area contributed by atoms with Gasteiger partial charge in [0.2, 0.25) is 0 Å². The Kier molecular flexibility index (Phi) is 4.81. The molecule has 1 aromatic heterocycles. The average Bonchev–Trinajstić information content (AvgIpc) is 2.71. The van der Waals surface area contributed by atoms with Crippen molar-refractivity contribution in [3.05, 3.63) is 84.4 Å². The molecule has 0 bridgehead atoms. The van der Waals surface area contributed by atoms with E-state index in [4.69, 9.17) is 0 Å². The van der Waals surface area contributed by atoms with Gasteiger partial charge in [-0.05, 0) is 36.4 Å². The molecule has 146 valence electrons. The lowest BCUT2D eigenvalue weighted by Crippen LogP contribution is -2.16. The molecule has 0 fully saturated rings. The van der Waals surface area contributed by atoms with E-state index in [0.717, 1.165) is 6.07 Å². The molecule has 1 heterocycles. The minimum atomic E-state index is -3.96. The third-order valence-corrected chi connectivity index (χ3v) is 5.39. The first-order valence-electron chi connectivity index (χ1n) is 8.49.